The molecular formula is C22H23N5O. The SMILES string of the molecule is N=C(N)C1(C(=N)N)C=CC(C(=O)NC(c2ccccc2)c2ccccc2)C=C1. The van der Waals surface area contributed by atoms with Gasteiger partial charge in [-0.1, -0.05) is 85.0 Å². The fraction of sp³-hybridized carbons (Fsp3) is 0.136. The Labute approximate surface area is 164 Å². The summed E-state index contributed by atoms with van der Waals surface area (Å²) in [7, 11) is 0. The number of benzene rings is 2. The highest BCUT2D eigenvalue weighted by Gasteiger charge is 2.35. The maximum absolute atomic E-state index is 12.9. The first-order chi connectivity index (χ1) is 13.4. The van der Waals surface area contributed by atoms with Crippen LogP contribution >= 0.6 is 0 Å². The number of amidine groups is 2. The Balaban J connectivity index is 1.83. The molecular weight excluding hydrogens is 350 g/mol. The van der Waals surface area contributed by atoms with Crippen LogP contribution in [0.15, 0.2) is 85.0 Å². The van der Waals surface area contributed by atoms with Crippen molar-refractivity contribution in [2.45, 2.75) is 6.04 Å². The van der Waals surface area contributed by atoms with E-state index in [0.29, 0.717) is 0 Å². The van der Waals surface area contributed by atoms with Crippen molar-refractivity contribution < 1.29 is 4.79 Å². The van der Waals surface area contributed by atoms with Crippen LogP contribution in [0.3, 0.4) is 0 Å². The lowest BCUT2D eigenvalue weighted by Crippen LogP contribution is -2.45. The minimum Gasteiger partial charge on any atom is -0.386 e. The second-order valence-electron chi connectivity index (χ2n) is 6.70. The number of hydrogen-bond acceptors (Lipinski definition) is 3. The molecule has 2 aromatic rings. The van der Waals surface area contributed by atoms with Crippen LogP contribution in [0.2, 0.25) is 0 Å². The van der Waals surface area contributed by atoms with E-state index >= 15 is 0 Å². The van der Waals surface area contributed by atoms with Gasteiger partial charge in [-0.05, 0) is 11.1 Å². The van der Waals surface area contributed by atoms with Gasteiger partial charge in [0.25, 0.3) is 0 Å². The van der Waals surface area contributed by atoms with Gasteiger partial charge < -0.3 is 16.8 Å². The van der Waals surface area contributed by atoms with Gasteiger partial charge in [0, 0.05) is 0 Å². The van der Waals surface area contributed by atoms with Gasteiger partial charge in [-0.2, -0.15) is 0 Å². The van der Waals surface area contributed by atoms with Gasteiger partial charge in [0.05, 0.1) is 12.0 Å². The zero-order chi connectivity index (χ0) is 20.1. The molecule has 0 fully saturated rings. The van der Waals surface area contributed by atoms with Gasteiger partial charge in [0.1, 0.15) is 17.1 Å². The van der Waals surface area contributed by atoms with Gasteiger partial charge >= 0.3 is 0 Å². The molecule has 3 rings (SSSR count). The molecule has 0 aliphatic heterocycles. The zero-order valence-electron chi connectivity index (χ0n) is 15.3. The van der Waals surface area contributed by atoms with Crippen molar-refractivity contribution in [3.05, 3.63) is 96.1 Å². The van der Waals surface area contributed by atoms with Crippen LogP contribution in [0.5, 0.6) is 0 Å². The lowest BCUT2D eigenvalue weighted by Gasteiger charge is -2.29. The largest absolute Gasteiger partial charge is 0.386 e. The van der Waals surface area contributed by atoms with Crippen LogP contribution in [0.1, 0.15) is 17.2 Å². The molecule has 0 saturated carbocycles. The third-order valence-corrected chi connectivity index (χ3v) is 4.88. The summed E-state index contributed by atoms with van der Waals surface area (Å²) in [6.07, 6.45) is 6.35. The van der Waals surface area contributed by atoms with Gasteiger partial charge in [-0.15, -0.1) is 0 Å². The Hall–Kier alpha value is -3.67. The first-order valence-corrected chi connectivity index (χ1v) is 8.92. The van der Waals surface area contributed by atoms with E-state index in [4.69, 9.17) is 22.3 Å². The van der Waals surface area contributed by atoms with Gasteiger partial charge in [0.2, 0.25) is 5.91 Å². The molecule has 0 radical (unpaired) electrons. The Morgan fingerprint density at radius 1 is 0.857 bits per heavy atom. The van der Waals surface area contributed by atoms with Crippen LogP contribution in [-0.4, -0.2) is 17.6 Å². The van der Waals surface area contributed by atoms with Crippen molar-refractivity contribution >= 4 is 17.6 Å². The van der Waals surface area contributed by atoms with Crippen molar-refractivity contribution in [2.24, 2.45) is 22.8 Å². The summed E-state index contributed by atoms with van der Waals surface area (Å²) in [6.45, 7) is 0. The number of amides is 1. The highest BCUT2D eigenvalue weighted by molar-refractivity contribution is 6.10. The van der Waals surface area contributed by atoms with Crippen molar-refractivity contribution in [3.63, 3.8) is 0 Å². The third-order valence-electron chi connectivity index (χ3n) is 4.88. The normalized spacial score (nSPS) is 20.7. The Morgan fingerprint density at radius 2 is 1.29 bits per heavy atom. The summed E-state index contributed by atoms with van der Waals surface area (Å²) in [5.74, 6) is -1.23. The quantitative estimate of drug-likeness (QED) is 0.303. The average Bonchev–Trinajstić information content (AvgIpc) is 2.73. The molecule has 28 heavy (non-hydrogen) atoms. The molecule has 6 nitrogen and oxygen atoms in total. The lowest BCUT2D eigenvalue weighted by molar-refractivity contribution is -0.123. The smallest absolute Gasteiger partial charge is 0.231 e. The van der Waals surface area contributed by atoms with E-state index < -0.39 is 11.3 Å². The average molecular weight is 373 g/mol. The zero-order valence-corrected chi connectivity index (χ0v) is 15.3. The summed E-state index contributed by atoms with van der Waals surface area (Å²) >= 11 is 0. The van der Waals surface area contributed by atoms with E-state index in [1.165, 1.54) is 0 Å². The van der Waals surface area contributed by atoms with Crippen molar-refractivity contribution in [2.75, 3.05) is 0 Å². The highest BCUT2D eigenvalue weighted by atomic mass is 16.1. The third kappa shape index (κ3) is 3.71. The standard InChI is InChI=1S/C22H23N5O/c23-20(24)22(21(25)26)13-11-17(12-14-22)19(28)27-18(15-7-3-1-4-8-15)16-9-5-2-6-10-16/h1-14,17-18H,(H3,23,24)(H3,25,26)(H,27,28). The van der Waals surface area contributed by atoms with E-state index in [2.05, 4.69) is 5.32 Å². The molecule has 0 bridgehead atoms. The summed E-state index contributed by atoms with van der Waals surface area (Å²) in [4.78, 5) is 12.9. The van der Waals surface area contributed by atoms with E-state index in [0.717, 1.165) is 11.1 Å². The van der Waals surface area contributed by atoms with E-state index in [-0.39, 0.29) is 23.6 Å². The number of carbonyl (C=O) groups is 1. The second kappa shape index (κ2) is 7.92. The van der Waals surface area contributed by atoms with Crippen molar-refractivity contribution in [1.29, 1.82) is 10.8 Å². The number of nitrogens with one attached hydrogen (secondary N) is 3. The van der Waals surface area contributed by atoms with Crippen LogP contribution in [0.25, 0.3) is 0 Å². The van der Waals surface area contributed by atoms with Crippen LogP contribution in [0.4, 0.5) is 0 Å². The molecule has 0 aromatic heterocycles. The monoisotopic (exact) mass is 373 g/mol. The molecule has 1 aliphatic rings. The number of rotatable bonds is 6. The number of carbonyl (C=O) groups excluding carboxylic acids is 1. The molecule has 1 aliphatic carbocycles. The molecule has 0 unspecified atom stereocenters. The molecule has 0 saturated heterocycles. The summed E-state index contributed by atoms with van der Waals surface area (Å²) in [5, 5.41) is 18.6. The highest BCUT2D eigenvalue weighted by Crippen LogP contribution is 2.28. The lowest BCUT2D eigenvalue weighted by atomic mass is 9.79. The van der Waals surface area contributed by atoms with Gasteiger partial charge in [0.15, 0.2) is 0 Å². The van der Waals surface area contributed by atoms with E-state index in [9.17, 15) is 4.79 Å². The Morgan fingerprint density at radius 3 is 1.68 bits per heavy atom. The molecule has 0 heterocycles. The summed E-state index contributed by atoms with van der Waals surface area (Å²) in [6, 6.07) is 19.2. The first-order valence-electron chi connectivity index (χ1n) is 8.92. The molecule has 6 heteroatoms. The van der Waals surface area contributed by atoms with Gasteiger partial charge in [-0.25, -0.2) is 0 Å². The summed E-state index contributed by atoms with van der Waals surface area (Å²) in [5.41, 5.74) is 11.9. The maximum Gasteiger partial charge on any atom is 0.231 e. The number of hydrogen-bond donors (Lipinski definition) is 5. The molecule has 0 atom stereocenters. The van der Waals surface area contributed by atoms with E-state index in [1.807, 2.05) is 60.7 Å². The Bertz CT molecular complexity index is 864. The second-order valence-corrected chi connectivity index (χ2v) is 6.70. The van der Waals surface area contributed by atoms with Crippen molar-refractivity contribution in [1.82, 2.24) is 5.32 Å². The predicted octanol–water partition coefficient (Wildman–Crippen LogP) is 2.49. The molecule has 7 N–H and O–H groups in total. The topological polar surface area (TPSA) is 129 Å². The molecule has 1 amide bonds. The van der Waals surface area contributed by atoms with Crippen LogP contribution in [0, 0.1) is 22.2 Å². The summed E-state index contributed by atoms with van der Waals surface area (Å²) < 4.78 is 0. The minimum absolute atomic E-state index is 0.189. The maximum atomic E-state index is 12.9. The van der Waals surface area contributed by atoms with Gasteiger partial charge in [-0.3, -0.25) is 15.6 Å². The van der Waals surface area contributed by atoms with E-state index in [1.54, 1.807) is 24.3 Å². The molecule has 2 aromatic carbocycles. The van der Waals surface area contributed by atoms with Crippen LogP contribution < -0.4 is 16.8 Å². The molecule has 0 spiro atoms. The van der Waals surface area contributed by atoms with Crippen molar-refractivity contribution in [3.8, 4) is 0 Å². The number of nitrogens with two attached hydrogens (primary N) is 2. The fourth-order valence-corrected chi connectivity index (χ4v) is 3.20. The predicted molar refractivity (Wildman–Crippen MR) is 111 cm³/mol. The first kappa shape index (κ1) is 19.1. The van der Waals surface area contributed by atoms with Crippen LogP contribution in [-0.2, 0) is 4.79 Å². The minimum atomic E-state index is -1.25. The fourth-order valence-electron chi connectivity index (χ4n) is 3.20. The Kier molecular flexibility index (Phi) is 5.40. The molecule has 142 valence electrons.